The van der Waals surface area contributed by atoms with E-state index in [1.54, 1.807) is 0 Å². The van der Waals surface area contributed by atoms with Crippen LogP contribution in [0.1, 0.15) is 25.9 Å². The van der Waals surface area contributed by atoms with Gasteiger partial charge in [-0.05, 0) is 24.3 Å². The van der Waals surface area contributed by atoms with Gasteiger partial charge in [-0.2, -0.15) is 18.2 Å². The quantitative estimate of drug-likeness (QED) is 0.538. The third kappa shape index (κ3) is 5.22. The molecule has 0 radical (unpaired) electrons. The second kappa shape index (κ2) is 9.46. The van der Waals surface area contributed by atoms with Crippen molar-refractivity contribution in [2.45, 2.75) is 12.2 Å². The summed E-state index contributed by atoms with van der Waals surface area (Å²) in [5, 5.41) is 5.90. The van der Waals surface area contributed by atoms with Crippen molar-refractivity contribution in [1.29, 1.82) is 0 Å². The summed E-state index contributed by atoms with van der Waals surface area (Å²) in [5.41, 5.74) is -0.169. The molecule has 14 heteroatoms. The van der Waals surface area contributed by atoms with Gasteiger partial charge in [0.15, 0.2) is 0 Å². The van der Waals surface area contributed by atoms with Crippen LogP contribution < -0.4 is 5.32 Å². The summed E-state index contributed by atoms with van der Waals surface area (Å²) in [6, 6.07) is 4.65. The van der Waals surface area contributed by atoms with E-state index in [2.05, 4.69) is 20.0 Å². The van der Waals surface area contributed by atoms with Gasteiger partial charge in [0.25, 0.3) is 11.8 Å². The Morgan fingerprint density at radius 1 is 1.18 bits per heavy atom. The minimum Gasteiger partial charge on any atom is -0.377 e. The average Bonchev–Trinajstić information content (AvgIpc) is 3.46. The molecule has 0 aliphatic carbocycles. The monoisotopic (exact) mass is 502 g/mol. The van der Waals surface area contributed by atoms with Gasteiger partial charge in [0.2, 0.25) is 5.82 Å². The molecule has 1 aromatic carbocycles. The van der Waals surface area contributed by atoms with Crippen LogP contribution >= 0.6 is 11.3 Å². The molecule has 3 aromatic rings. The van der Waals surface area contributed by atoms with Crippen molar-refractivity contribution in [3.8, 4) is 10.7 Å². The van der Waals surface area contributed by atoms with Crippen molar-refractivity contribution < 1.29 is 40.8 Å². The predicted molar refractivity (Wildman–Crippen MR) is 107 cm³/mol. The second-order valence-corrected chi connectivity index (χ2v) is 8.26. The summed E-state index contributed by atoms with van der Waals surface area (Å²) in [6.45, 7) is 0.422. The molecule has 0 spiro atoms. The number of halogens is 5. The Bertz CT molecular complexity index is 1190. The van der Waals surface area contributed by atoms with Crippen LogP contribution in [0.2, 0.25) is 0 Å². The normalized spacial score (nSPS) is 16.5. The lowest BCUT2D eigenvalue weighted by atomic mass is 10.1. The zero-order valence-corrected chi connectivity index (χ0v) is 17.9. The Hall–Kier alpha value is -3.39. The van der Waals surface area contributed by atoms with Crippen molar-refractivity contribution in [2.75, 3.05) is 26.3 Å². The van der Waals surface area contributed by atoms with E-state index in [0.29, 0.717) is 6.07 Å². The maximum atomic E-state index is 13.5. The lowest BCUT2D eigenvalue weighted by Crippen LogP contribution is -2.53. The van der Waals surface area contributed by atoms with Crippen molar-refractivity contribution >= 4 is 23.2 Å². The first kappa shape index (κ1) is 23.8. The van der Waals surface area contributed by atoms with Gasteiger partial charge >= 0.3 is 12.1 Å². The number of aromatic nitrogens is 2. The molecular weight excluding hydrogens is 487 g/mol. The summed E-state index contributed by atoms with van der Waals surface area (Å²) >= 11 is 0.852. The highest BCUT2D eigenvalue weighted by atomic mass is 32.1. The van der Waals surface area contributed by atoms with Crippen molar-refractivity contribution in [3.63, 3.8) is 0 Å². The number of ether oxygens (including phenoxy) is 1. The smallest absolute Gasteiger partial charge is 0.377 e. The fraction of sp³-hybridized carbons (Fsp3) is 0.300. The summed E-state index contributed by atoms with van der Waals surface area (Å²) in [4.78, 5) is 30.3. The molecule has 8 nitrogen and oxygen atoms in total. The van der Waals surface area contributed by atoms with E-state index >= 15 is 0 Å². The number of benzene rings is 1. The Balaban J connectivity index is 1.41. The Morgan fingerprint density at radius 3 is 2.59 bits per heavy atom. The molecule has 1 N–H and O–H groups in total. The zero-order valence-electron chi connectivity index (χ0n) is 17.1. The first-order valence-electron chi connectivity index (χ1n) is 9.76. The van der Waals surface area contributed by atoms with Gasteiger partial charge in [-0.1, -0.05) is 5.16 Å². The highest BCUT2D eigenvalue weighted by molar-refractivity contribution is 7.17. The fourth-order valence-corrected chi connectivity index (χ4v) is 4.10. The summed E-state index contributed by atoms with van der Waals surface area (Å²) in [7, 11) is 0. The van der Waals surface area contributed by atoms with Crippen LogP contribution in [0.25, 0.3) is 10.7 Å². The molecule has 3 heterocycles. The van der Waals surface area contributed by atoms with Gasteiger partial charge < -0.3 is 19.5 Å². The zero-order chi connectivity index (χ0) is 24.5. The van der Waals surface area contributed by atoms with Gasteiger partial charge in [-0.15, -0.1) is 11.3 Å². The van der Waals surface area contributed by atoms with E-state index in [0.717, 1.165) is 23.5 Å². The van der Waals surface area contributed by atoms with Crippen LogP contribution in [0.5, 0.6) is 0 Å². The predicted octanol–water partition coefficient (Wildman–Crippen LogP) is 3.37. The third-order valence-electron chi connectivity index (χ3n) is 4.81. The van der Waals surface area contributed by atoms with E-state index in [9.17, 15) is 31.5 Å². The van der Waals surface area contributed by atoms with Gasteiger partial charge in [0.05, 0.1) is 29.0 Å². The van der Waals surface area contributed by atoms with Crippen molar-refractivity contribution in [1.82, 2.24) is 20.4 Å². The number of hydrogen-bond donors (Lipinski definition) is 1. The molecule has 2 amide bonds. The van der Waals surface area contributed by atoms with E-state index in [1.807, 2.05) is 0 Å². The molecule has 2 aromatic heterocycles. The number of alkyl halides is 3. The standard InChI is InChI=1S/C20H15F5N4O4S/c21-11-5-10(6-12(22)7-11)18(31)29-3-4-32-9-13(29)8-26-17(30)15-2-1-14(34-15)16-27-19(33-28-16)20(23,24)25/h1-2,5-7,13H,3-4,8-9H2,(H,26,30). The van der Waals surface area contributed by atoms with Gasteiger partial charge in [-0.25, -0.2) is 8.78 Å². The highest BCUT2D eigenvalue weighted by Gasteiger charge is 2.38. The summed E-state index contributed by atoms with van der Waals surface area (Å²) < 4.78 is 74.5. The first-order chi connectivity index (χ1) is 16.1. The van der Waals surface area contributed by atoms with E-state index in [1.165, 1.54) is 17.0 Å². The molecular formula is C20H15F5N4O4S. The number of amides is 2. The van der Waals surface area contributed by atoms with Crippen LogP contribution in [0, 0.1) is 11.6 Å². The molecule has 0 saturated carbocycles. The minimum absolute atomic E-state index is 0.0317. The number of nitrogens with one attached hydrogen (secondary N) is 1. The number of rotatable bonds is 5. The largest absolute Gasteiger partial charge is 0.471 e. The average molecular weight is 502 g/mol. The maximum Gasteiger partial charge on any atom is 0.471 e. The molecule has 1 aliphatic heterocycles. The van der Waals surface area contributed by atoms with Crippen molar-refractivity contribution in [2.24, 2.45) is 0 Å². The molecule has 34 heavy (non-hydrogen) atoms. The fourth-order valence-electron chi connectivity index (χ4n) is 3.25. The van der Waals surface area contributed by atoms with E-state index in [4.69, 9.17) is 4.74 Å². The lowest BCUT2D eigenvalue weighted by Gasteiger charge is -2.35. The number of carbonyl (C=O) groups excluding carboxylic acids is 2. The Kier molecular flexibility index (Phi) is 6.61. The topological polar surface area (TPSA) is 97.6 Å². The molecule has 1 fully saturated rings. The molecule has 180 valence electrons. The Labute approximate surface area is 192 Å². The molecule has 1 unspecified atom stereocenters. The van der Waals surface area contributed by atoms with Crippen LogP contribution in [-0.4, -0.2) is 59.2 Å². The molecule has 4 rings (SSSR count). The highest BCUT2D eigenvalue weighted by Crippen LogP contribution is 2.31. The first-order valence-corrected chi connectivity index (χ1v) is 10.6. The summed E-state index contributed by atoms with van der Waals surface area (Å²) in [5.74, 6) is -4.75. The second-order valence-electron chi connectivity index (χ2n) is 7.18. The van der Waals surface area contributed by atoms with Crippen LogP contribution in [0.4, 0.5) is 22.0 Å². The molecule has 0 bridgehead atoms. The third-order valence-corrected chi connectivity index (χ3v) is 5.89. The number of morpholine rings is 1. The Morgan fingerprint density at radius 2 is 1.91 bits per heavy atom. The van der Waals surface area contributed by atoms with Gasteiger partial charge in [0, 0.05) is 24.7 Å². The van der Waals surface area contributed by atoms with Crippen LogP contribution in [-0.2, 0) is 10.9 Å². The van der Waals surface area contributed by atoms with Crippen LogP contribution in [0.3, 0.4) is 0 Å². The van der Waals surface area contributed by atoms with Crippen LogP contribution in [0.15, 0.2) is 34.9 Å². The molecule has 1 atom stereocenters. The van der Waals surface area contributed by atoms with Gasteiger partial charge in [0.1, 0.15) is 11.6 Å². The SMILES string of the molecule is O=C(NCC1COCCN1C(=O)c1cc(F)cc(F)c1)c1ccc(-c2noc(C(F)(F)F)n2)s1. The van der Waals surface area contributed by atoms with Gasteiger partial charge in [-0.3, -0.25) is 9.59 Å². The number of hydrogen-bond acceptors (Lipinski definition) is 7. The summed E-state index contributed by atoms with van der Waals surface area (Å²) in [6.07, 6.45) is -4.79. The van der Waals surface area contributed by atoms with E-state index < -0.39 is 41.6 Å². The lowest BCUT2D eigenvalue weighted by molar-refractivity contribution is -0.159. The number of thiophene rings is 1. The molecule has 1 saturated heterocycles. The molecule has 1 aliphatic rings. The minimum atomic E-state index is -4.79. The van der Waals surface area contributed by atoms with Crippen molar-refractivity contribution in [3.05, 3.63) is 58.3 Å². The van der Waals surface area contributed by atoms with E-state index in [-0.39, 0.29) is 47.4 Å². The number of carbonyl (C=O) groups is 2. The number of nitrogens with zero attached hydrogens (tertiary/aromatic N) is 3. The maximum absolute atomic E-state index is 13.5.